The van der Waals surface area contributed by atoms with Crippen LogP contribution >= 0.6 is 0 Å². The Kier molecular flexibility index (Phi) is 11.1. The molecule has 0 N–H and O–H groups in total. The number of hydrogen-bond acceptors (Lipinski definition) is 8. The number of aliphatic imine (C=N–C) groups is 1. The van der Waals surface area contributed by atoms with Gasteiger partial charge in [0.25, 0.3) is 0 Å². The summed E-state index contributed by atoms with van der Waals surface area (Å²) < 4.78 is 116. The summed E-state index contributed by atoms with van der Waals surface area (Å²) >= 11 is 0. The second-order valence-corrected chi connectivity index (χ2v) is 25.1. The molecule has 4 fully saturated rings. The van der Waals surface area contributed by atoms with E-state index in [4.69, 9.17) is 19.5 Å². The Hall–Kier alpha value is -5.68. The number of hydrogen-bond donors (Lipinski definition) is 0. The molecule has 0 spiro atoms. The summed E-state index contributed by atoms with van der Waals surface area (Å²) in [6.45, 7) is 8.68. The molecule has 13 heteroatoms. The van der Waals surface area contributed by atoms with Gasteiger partial charge in [0.15, 0.2) is 17.5 Å². The maximum absolute atomic E-state index is 18.4. The second-order valence-electron chi connectivity index (χ2n) is 19.6. The van der Waals surface area contributed by atoms with Crippen molar-refractivity contribution in [1.29, 1.82) is 0 Å². The smallest absolute Gasteiger partial charge is 0.319 e. The van der Waals surface area contributed by atoms with Crippen molar-refractivity contribution in [2.45, 2.75) is 114 Å². The molecule has 5 heterocycles. The Labute approximate surface area is 402 Å². The van der Waals surface area contributed by atoms with Crippen LogP contribution in [0, 0.1) is 28.9 Å². The van der Waals surface area contributed by atoms with Gasteiger partial charge in [0.05, 0.1) is 42.8 Å². The van der Waals surface area contributed by atoms with E-state index in [0.29, 0.717) is 31.5 Å². The van der Waals surface area contributed by atoms with E-state index in [-0.39, 0.29) is 98.7 Å². The van der Waals surface area contributed by atoms with Crippen LogP contribution in [0.2, 0.25) is 16.6 Å². The van der Waals surface area contributed by atoms with Crippen molar-refractivity contribution < 1.29 is 32.5 Å². The highest BCUT2D eigenvalue weighted by atomic mass is 28.3. The van der Waals surface area contributed by atoms with Gasteiger partial charge in [-0.15, -0.1) is 5.54 Å². The van der Waals surface area contributed by atoms with Gasteiger partial charge in [0.1, 0.15) is 37.8 Å². The summed E-state index contributed by atoms with van der Waals surface area (Å²) in [5, 5.41) is 0.277. The van der Waals surface area contributed by atoms with Crippen LogP contribution in [0.25, 0.3) is 32.9 Å². The summed E-state index contributed by atoms with van der Waals surface area (Å²) in [5.74, 6) is -0.320. The first-order valence-corrected chi connectivity index (χ1v) is 26.0. The monoisotopic (exact) mass is 942 g/mol. The molecule has 1 aliphatic carbocycles. The van der Waals surface area contributed by atoms with Gasteiger partial charge < -0.3 is 14.4 Å². The minimum Gasteiger partial charge on any atom is -0.461 e. The minimum atomic E-state index is -2.57. The quantitative estimate of drug-likeness (QED) is 0.0554. The molecule has 68 heavy (non-hydrogen) atoms. The van der Waals surface area contributed by atoms with Crippen LogP contribution in [0.15, 0.2) is 90.1 Å². The Morgan fingerprint density at radius 2 is 1.66 bits per heavy atom. The summed E-state index contributed by atoms with van der Waals surface area (Å²) in [7, 11) is -2.57. The Morgan fingerprint density at radius 3 is 2.35 bits per heavy atom. The summed E-state index contributed by atoms with van der Waals surface area (Å²) in [6.07, 6.45) is 0.886. The number of anilines is 1. The van der Waals surface area contributed by atoms with E-state index in [9.17, 15) is 5.48 Å². The third kappa shape index (κ3) is 8.26. The second kappa shape index (κ2) is 18.3. The van der Waals surface area contributed by atoms with Crippen LogP contribution < -0.4 is 9.64 Å². The van der Waals surface area contributed by atoms with Crippen molar-refractivity contribution in [1.82, 2.24) is 19.9 Å². The molecule has 2 aromatic heterocycles. The average molecular weight is 943 g/mol. The van der Waals surface area contributed by atoms with E-state index in [1.165, 1.54) is 11.1 Å². The van der Waals surface area contributed by atoms with Gasteiger partial charge in [-0.2, -0.15) is 9.97 Å². The fourth-order valence-corrected chi connectivity index (χ4v) is 16.4. The first-order chi connectivity index (χ1) is 34.3. The van der Waals surface area contributed by atoms with Crippen molar-refractivity contribution in [3.8, 4) is 28.7 Å². The van der Waals surface area contributed by atoms with E-state index in [2.05, 4.69) is 63.0 Å². The number of pyridine rings is 1. The van der Waals surface area contributed by atoms with Crippen molar-refractivity contribution in [3.63, 3.8) is 0 Å². The van der Waals surface area contributed by atoms with Gasteiger partial charge in [-0.1, -0.05) is 108 Å². The lowest BCUT2D eigenvalue weighted by Gasteiger charge is -2.38. The van der Waals surface area contributed by atoms with E-state index in [1.54, 1.807) is 17.0 Å². The Morgan fingerprint density at radius 1 is 0.956 bits per heavy atom. The van der Waals surface area contributed by atoms with Crippen LogP contribution in [0.5, 0.6) is 6.01 Å². The fraction of sp³-hybridized carbons (Fsp3) is 0.418. The number of rotatable bonds is 11. The molecule has 3 saturated heterocycles. The average Bonchev–Trinajstić information content (AvgIpc) is 3.85. The highest BCUT2D eigenvalue weighted by Gasteiger charge is 2.50. The fourth-order valence-electron chi connectivity index (χ4n) is 11.2. The molecule has 0 radical (unpaired) electrons. The van der Waals surface area contributed by atoms with E-state index in [1.807, 2.05) is 60.7 Å². The molecule has 4 atom stereocenters. The van der Waals surface area contributed by atoms with Crippen molar-refractivity contribution in [3.05, 3.63) is 119 Å². The zero-order valence-electron chi connectivity index (χ0n) is 43.2. The number of alkyl halides is 1. The molecule has 352 valence electrons. The van der Waals surface area contributed by atoms with E-state index < -0.39 is 62.3 Å². The van der Waals surface area contributed by atoms with Crippen molar-refractivity contribution >= 4 is 47.0 Å². The van der Waals surface area contributed by atoms with E-state index >= 15 is 17.6 Å². The third-order valence-electron chi connectivity index (χ3n) is 14.5. The summed E-state index contributed by atoms with van der Waals surface area (Å²) in [6, 6.07) is 22.1. The van der Waals surface area contributed by atoms with Gasteiger partial charge in [-0.25, -0.2) is 22.6 Å². The van der Waals surface area contributed by atoms with Crippen LogP contribution in [0.3, 0.4) is 0 Å². The number of benzene rings is 4. The molecular formula is C55H58F4N6O2Si. The molecule has 0 unspecified atom stereocenters. The third-order valence-corrected chi connectivity index (χ3v) is 20.8. The molecule has 8 nitrogen and oxygen atoms in total. The lowest BCUT2D eigenvalue weighted by molar-refractivity contribution is 0.107. The largest absolute Gasteiger partial charge is 0.461 e. The van der Waals surface area contributed by atoms with Gasteiger partial charge in [0, 0.05) is 57.1 Å². The number of aromatic nitrogens is 3. The maximum Gasteiger partial charge on any atom is 0.319 e. The standard InChI is InChI=1S/C55H58F4N6O2Si/c1-33(2)68(34(3)4,35(5)6)24-19-41-47-38(26-44(57)48(41)58)25-40(61-50(36-15-9-7-10-16-36)37-17-11-8-12-18-37)27-42(47)51-49(59)52-43(30-60-51)53(65-22-14-23-66-46-28-45(46)65)63-54(62-52)67-32-55-20-13-21-64(55)31-39(56)29-55/h7-12,15-18,25-27,30,33-35,39,45-46H,13-14,20-23,28-29,31-32H2,1-6H3/t39-,45+,46-,55+/m1/s1/i22D2,32D2. The Bertz CT molecular complexity index is 3110. The first-order valence-electron chi connectivity index (χ1n) is 25.8. The molecule has 0 bridgehead atoms. The van der Waals surface area contributed by atoms with E-state index in [0.717, 1.165) is 17.2 Å². The molecule has 4 aliphatic rings. The van der Waals surface area contributed by atoms with Crippen LogP contribution in [-0.4, -0.2) is 90.2 Å². The van der Waals surface area contributed by atoms with Gasteiger partial charge in [0.2, 0.25) is 0 Å². The Balaban J connectivity index is 1.25. The number of nitrogens with zero attached hydrogens (tertiary/aromatic N) is 6. The highest BCUT2D eigenvalue weighted by Crippen LogP contribution is 2.45. The maximum atomic E-state index is 18.4. The lowest BCUT2D eigenvalue weighted by atomic mass is 9.94. The van der Waals surface area contributed by atoms with Crippen LogP contribution in [-0.2, 0) is 4.74 Å². The molecule has 3 aliphatic heterocycles. The lowest BCUT2D eigenvalue weighted by Crippen LogP contribution is -2.43. The predicted octanol–water partition coefficient (Wildman–Crippen LogP) is 12.3. The number of fused-ring (bicyclic) bond motifs is 4. The van der Waals surface area contributed by atoms with Crippen molar-refractivity contribution in [2.24, 2.45) is 4.99 Å². The zero-order chi connectivity index (χ0) is 51.1. The molecule has 6 aromatic rings. The molecule has 10 rings (SSSR count). The zero-order valence-corrected chi connectivity index (χ0v) is 40.2. The van der Waals surface area contributed by atoms with Crippen LogP contribution in [0.1, 0.15) is 95.8 Å². The van der Waals surface area contributed by atoms with Crippen molar-refractivity contribution in [2.75, 3.05) is 37.7 Å². The predicted molar refractivity (Wildman–Crippen MR) is 265 cm³/mol. The summed E-state index contributed by atoms with van der Waals surface area (Å²) in [5.41, 5.74) is 4.04. The van der Waals surface area contributed by atoms with Gasteiger partial charge >= 0.3 is 6.01 Å². The normalized spacial score (nSPS) is 23.4. The number of ether oxygens (including phenoxy) is 2. The highest BCUT2D eigenvalue weighted by molar-refractivity contribution is 6.90. The van der Waals surface area contributed by atoms with Gasteiger partial charge in [-0.3, -0.25) is 9.88 Å². The van der Waals surface area contributed by atoms with Crippen LogP contribution in [0.4, 0.5) is 29.1 Å². The molecule has 0 amide bonds. The topological polar surface area (TPSA) is 76.0 Å². The van der Waals surface area contributed by atoms with Gasteiger partial charge in [-0.05, 0) is 72.4 Å². The first kappa shape index (κ1) is 41.3. The minimum absolute atomic E-state index is 0.00122. The molecule has 1 saturated carbocycles. The molecular weight excluding hydrogens is 881 g/mol. The number of halogens is 4. The molecule has 4 aromatic carbocycles. The SMILES string of the molecule is [2H]C1([2H])CCO[C@@H]2C[C@@H]2N1c1nc(OC([2H])([2H])[C@@]23CCCN2C[C@H](F)C3)nc2c(F)c(-c3cc(N=C(c4ccccc4)c4ccccc4)cc4cc(F)c(F)c(C#C[Si](C(C)C)(C(C)C)C(C)C)c34)ncc12. The summed E-state index contributed by atoms with van der Waals surface area (Å²) in [4.78, 5) is 22.3.